The number of carbonyl (C=O) groups is 1. The summed E-state index contributed by atoms with van der Waals surface area (Å²) >= 11 is 0. The lowest BCUT2D eigenvalue weighted by atomic mass is 9.93. The second-order valence-corrected chi connectivity index (χ2v) is 5.46. The van der Waals surface area contributed by atoms with Crippen LogP contribution in [-0.4, -0.2) is 47.0 Å². The highest BCUT2D eigenvalue weighted by atomic mass is 16.1. The average molecular weight is 264 g/mol. The zero-order valence-corrected chi connectivity index (χ0v) is 11.7. The summed E-state index contributed by atoms with van der Waals surface area (Å²) in [5.41, 5.74) is 0. The molecular formula is C14H24N4O. The molecule has 19 heavy (non-hydrogen) atoms. The third kappa shape index (κ3) is 5.03. The number of nitrogens with zero attached hydrogens (tertiary/aromatic N) is 3. The van der Waals surface area contributed by atoms with Crippen LogP contribution in [0.2, 0.25) is 0 Å². The molecule has 1 amide bonds. The van der Waals surface area contributed by atoms with Gasteiger partial charge in [0.1, 0.15) is 0 Å². The second kappa shape index (κ2) is 7.28. The number of hydrogen-bond acceptors (Lipinski definition) is 3. The van der Waals surface area contributed by atoms with Crippen molar-refractivity contribution in [3.8, 4) is 0 Å². The number of nitrogens with one attached hydrogen (secondary N) is 1. The molecule has 1 saturated heterocycles. The van der Waals surface area contributed by atoms with Crippen molar-refractivity contribution in [3.63, 3.8) is 0 Å². The van der Waals surface area contributed by atoms with E-state index in [1.54, 1.807) is 12.5 Å². The Kier molecular flexibility index (Phi) is 5.39. The molecule has 0 bridgehead atoms. The van der Waals surface area contributed by atoms with Gasteiger partial charge in [0.15, 0.2) is 0 Å². The second-order valence-electron chi connectivity index (χ2n) is 5.46. The van der Waals surface area contributed by atoms with E-state index < -0.39 is 0 Å². The zero-order chi connectivity index (χ0) is 13.5. The molecular weight excluding hydrogens is 240 g/mol. The lowest BCUT2D eigenvalue weighted by Gasteiger charge is -2.29. The van der Waals surface area contributed by atoms with Gasteiger partial charge in [-0.3, -0.25) is 4.79 Å². The highest BCUT2D eigenvalue weighted by molar-refractivity contribution is 5.75. The van der Waals surface area contributed by atoms with E-state index in [0.29, 0.717) is 18.9 Å². The van der Waals surface area contributed by atoms with Crippen LogP contribution >= 0.6 is 0 Å². The molecule has 2 rings (SSSR count). The molecule has 1 aliphatic heterocycles. The topological polar surface area (TPSA) is 50.2 Å². The standard InChI is InChI=1S/C14H24N4O/c1-17-8-2-3-13(11-17)4-5-14(19)16-7-10-18-9-6-15-12-18/h6,9,12-13H,2-5,7-8,10-11H2,1H3,(H,16,19). The molecule has 5 nitrogen and oxygen atoms in total. The summed E-state index contributed by atoms with van der Waals surface area (Å²) in [5.74, 6) is 0.867. The van der Waals surface area contributed by atoms with E-state index in [0.717, 1.165) is 19.5 Å². The van der Waals surface area contributed by atoms with Crippen LogP contribution in [0.5, 0.6) is 0 Å². The Morgan fingerprint density at radius 2 is 2.42 bits per heavy atom. The van der Waals surface area contributed by atoms with E-state index in [1.807, 2.05) is 10.8 Å². The van der Waals surface area contributed by atoms with Gasteiger partial charge in [0.2, 0.25) is 5.91 Å². The Balaban J connectivity index is 1.56. The summed E-state index contributed by atoms with van der Waals surface area (Å²) in [4.78, 5) is 18.1. The van der Waals surface area contributed by atoms with Crippen molar-refractivity contribution in [2.45, 2.75) is 32.2 Å². The van der Waals surface area contributed by atoms with Crippen molar-refractivity contribution < 1.29 is 4.79 Å². The van der Waals surface area contributed by atoms with Gasteiger partial charge in [0, 0.05) is 38.4 Å². The third-order valence-electron chi connectivity index (χ3n) is 3.75. The van der Waals surface area contributed by atoms with Crippen LogP contribution in [0.1, 0.15) is 25.7 Å². The summed E-state index contributed by atoms with van der Waals surface area (Å²) < 4.78 is 1.97. The minimum absolute atomic E-state index is 0.174. The van der Waals surface area contributed by atoms with E-state index in [9.17, 15) is 4.79 Å². The number of aromatic nitrogens is 2. The van der Waals surface area contributed by atoms with Crippen molar-refractivity contribution in [1.82, 2.24) is 19.8 Å². The van der Waals surface area contributed by atoms with Crippen molar-refractivity contribution in [3.05, 3.63) is 18.7 Å². The van der Waals surface area contributed by atoms with Gasteiger partial charge in [-0.1, -0.05) is 0 Å². The minimum atomic E-state index is 0.174. The van der Waals surface area contributed by atoms with Crippen molar-refractivity contribution in [1.29, 1.82) is 0 Å². The third-order valence-corrected chi connectivity index (χ3v) is 3.75. The molecule has 0 aliphatic carbocycles. The molecule has 1 aliphatic rings. The molecule has 1 fully saturated rings. The molecule has 5 heteroatoms. The molecule has 1 unspecified atom stereocenters. The van der Waals surface area contributed by atoms with Gasteiger partial charge in [-0.05, 0) is 38.8 Å². The lowest BCUT2D eigenvalue weighted by Crippen LogP contribution is -2.33. The SMILES string of the molecule is CN1CCCC(CCC(=O)NCCn2ccnc2)C1. The quantitative estimate of drug-likeness (QED) is 0.837. The van der Waals surface area contributed by atoms with Gasteiger partial charge < -0.3 is 14.8 Å². The van der Waals surface area contributed by atoms with Gasteiger partial charge in [0.05, 0.1) is 6.33 Å². The summed E-state index contributed by atoms with van der Waals surface area (Å²) in [5, 5.41) is 2.97. The fourth-order valence-corrected chi connectivity index (χ4v) is 2.68. The van der Waals surface area contributed by atoms with Crippen LogP contribution in [0.25, 0.3) is 0 Å². The molecule has 0 aromatic carbocycles. The molecule has 1 aromatic rings. The van der Waals surface area contributed by atoms with Gasteiger partial charge in [0.25, 0.3) is 0 Å². The van der Waals surface area contributed by atoms with Crippen LogP contribution in [-0.2, 0) is 11.3 Å². The van der Waals surface area contributed by atoms with Crippen LogP contribution in [0.15, 0.2) is 18.7 Å². The maximum atomic E-state index is 11.7. The first-order valence-electron chi connectivity index (χ1n) is 7.15. The fourth-order valence-electron chi connectivity index (χ4n) is 2.68. The monoisotopic (exact) mass is 264 g/mol. The van der Waals surface area contributed by atoms with Gasteiger partial charge in [-0.25, -0.2) is 4.98 Å². The molecule has 0 saturated carbocycles. The minimum Gasteiger partial charge on any atom is -0.354 e. The largest absolute Gasteiger partial charge is 0.354 e. The maximum Gasteiger partial charge on any atom is 0.220 e. The van der Waals surface area contributed by atoms with Crippen LogP contribution in [0.3, 0.4) is 0 Å². The van der Waals surface area contributed by atoms with Crippen molar-refractivity contribution in [2.75, 3.05) is 26.7 Å². The number of piperidine rings is 1. The summed E-state index contributed by atoms with van der Waals surface area (Å²) in [7, 11) is 2.16. The smallest absolute Gasteiger partial charge is 0.220 e. The number of carbonyl (C=O) groups excluding carboxylic acids is 1. The van der Waals surface area contributed by atoms with Crippen LogP contribution in [0, 0.1) is 5.92 Å². The van der Waals surface area contributed by atoms with E-state index in [4.69, 9.17) is 0 Å². The predicted molar refractivity (Wildman–Crippen MR) is 74.7 cm³/mol. The Bertz CT molecular complexity index is 377. The molecule has 0 spiro atoms. The molecule has 1 N–H and O–H groups in total. The van der Waals surface area contributed by atoms with Gasteiger partial charge >= 0.3 is 0 Å². The maximum absolute atomic E-state index is 11.7. The zero-order valence-electron chi connectivity index (χ0n) is 11.7. The summed E-state index contributed by atoms with van der Waals surface area (Å²) in [6, 6.07) is 0. The molecule has 0 radical (unpaired) electrons. The summed E-state index contributed by atoms with van der Waals surface area (Å²) in [6.07, 6.45) is 9.63. The lowest BCUT2D eigenvalue weighted by molar-refractivity contribution is -0.121. The van der Waals surface area contributed by atoms with E-state index in [-0.39, 0.29) is 5.91 Å². The number of amides is 1. The number of rotatable bonds is 6. The Morgan fingerprint density at radius 1 is 1.53 bits per heavy atom. The highest BCUT2D eigenvalue weighted by Crippen LogP contribution is 2.19. The molecule has 1 aromatic heterocycles. The Morgan fingerprint density at radius 3 is 3.16 bits per heavy atom. The molecule has 106 valence electrons. The average Bonchev–Trinajstić information content (AvgIpc) is 2.90. The normalized spacial score (nSPS) is 20.4. The van der Waals surface area contributed by atoms with Gasteiger partial charge in [-0.15, -0.1) is 0 Å². The predicted octanol–water partition coefficient (Wildman–Crippen LogP) is 1.12. The van der Waals surface area contributed by atoms with E-state index in [1.165, 1.54) is 19.4 Å². The first-order valence-corrected chi connectivity index (χ1v) is 7.15. The molecule has 2 heterocycles. The van der Waals surface area contributed by atoms with Gasteiger partial charge in [-0.2, -0.15) is 0 Å². The number of hydrogen-bond donors (Lipinski definition) is 1. The van der Waals surface area contributed by atoms with Crippen LogP contribution in [0.4, 0.5) is 0 Å². The highest BCUT2D eigenvalue weighted by Gasteiger charge is 2.17. The summed E-state index contributed by atoms with van der Waals surface area (Å²) in [6.45, 7) is 3.81. The van der Waals surface area contributed by atoms with Crippen molar-refractivity contribution >= 4 is 5.91 Å². The molecule has 1 atom stereocenters. The van der Waals surface area contributed by atoms with Crippen LogP contribution < -0.4 is 5.32 Å². The number of imidazole rings is 1. The fraction of sp³-hybridized carbons (Fsp3) is 0.714. The van der Waals surface area contributed by atoms with Crippen molar-refractivity contribution in [2.24, 2.45) is 5.92 Å². The van der Waals surface area contributed by atoms with E-state index in [2.05, 4.69) is 22.2 Å². The Hall–Kier alpha value is -1.36. The first-order chi connectivity index (χ1) is 9.24. The van der Waals surface area contributed by atoms with E-state index >= 15 is 0 Å². The Labute approximate surface area is 115 Å². The first kappa shape index (κ1) is 14.1. The number of likely N-dealkylation sites (tertiary alicyclic amines) is 1.